The molecule has 2 heteroatoms. The van der Waals surface area contributed by atoms with Gasteiger partial charge in [-0.2, -0.15) is 0 Å². The topological polar surface area (TPSA) is 26.3 Å². The Balaban J connectivity index is 2.24. The largest absolute Gasteiger partial charge is 0.461 e. The Labute approximate surface area is 84.9 Å². The van der Waals surface area contributed by atoms with Gasteiger partial charge in [0, 0.05) is 6.42 Å². The lowest BCUT2D eigenvalue weighted by molar-refractivity contribution is -0.145. The third-order valence-corrected chi connectivity index (χ3v) is 1.98. The zero-order valence-electron chi connectivity index (χ0n) is 8.53. The van der Waals surface area contributed by atoms with Crippen LogP contribution in [0.4, 0.5) is 0 Å². The molecule has 1 aromatic rings. The van der Waals surface area contributed by atoms with Crippen molar-refractivity contribution in [1.82, 2.24) is 0 Å². The first-order valence-electron chi connectivity index (χ1n) is 5.02. The van der Waals surface area contributed by atoms with Crippen molar-refractivity contribution in [3.63, 3.8) is 0 Å². The molecule has 0 aliphatic heterocycles. The molecule has 0 aliphatic rings. The monoisotopic (exact) mass is 192 g/mol. The lowest BCUT2D eigenvalue weighted by atomic mass is 10.2. The molecule has 0 bridgehead atoms. The summed E-state index contributed by atoms with van der Waals surface area (Å²) in [4.78, 5) is 11.2. The van der Waals surface area contributed by atoms with Gasteiger partial charge in [0.25, 0.3) is 0 Å². The van der Waals surface area contributed by atoms with Gasteiger partial charge in [0.1, 0.15) is 6.61 Å². The molecule has 0 amide bonds. The molecule has 14 heavy (non-hydrogen) atoms. The number of carbonyl (C=O) groups excluding carboxylic acids is 1. The van der Waals surface area contributed by atoms with E-state index in [1.54, 1.807) is 0 Å². The zero-order valence-corrected chi connectivity index (χ0v) is 8.53. The number of carbonyl (C=O) groups is 1. The Morgan fingerprint density at radius 1 is 1.29 bits per heavy atom. The van der Waals surface area contributed by atoms with E-state index in [1.165, 1.54) is 0 Å². The van der Waals surface area contributed by atoms with Crippen LogP contribution in [0.25, 0.3) is 0 Å². The molecule has 0 aliphatic carbocycles. The van der Waals surface area contributed by atoms with Crippen molar-refractivity contribution in [1.29, 1.82) is 0 Å². The lowest BCUT2D eigenvalue weighted by Gasteiger charge is -2.03. The van der Waals surface area contributed by atoms with Crippen LogP contribution >= 0.6 is 0 Å². The fourth-order valence-electron chi connectivity index (χ4n) is 1.13. The van der Waals surface area contributed by atoms with Crippen molar-refractivity contribution >= 4 is 5.97 Å². The van der Waals surface area contributed by atoms with Crippen molar-refractivity contribution in [2.75, 3.05) is 0 Å². The lowest BCUT2D eigenvalue weighted by Crippen LogP contribution is -2.03. The Morgan fingerprint density at radius 2 is 2.00 bits per heavy atom. The molecule has 1 aromatic carbocycles. The normalized spacial score (nSPS) is 9.79. The summed E-state index contributed by atoms with van der Waals surface area (Å²) in [6, 6.07) is 9.73. The maximum Gasteiger partial charge on any atom is 0.306 e. The zero-order chi connectivity index (χ0) is 10.2. The Bertz CT molecular complexity index is 267. The summed E-state index contributed by atoms with van der Waals surface area (Å²) in [5.41, 5.74) is 1.04. The second-order valence-electron chi connectivity index (χ2n) is 3.25. The van der Waals surface area contributed by atoms with E-state index in [-0.39, 0.29) is 5.97 Å². The molecular formula is C12H16O2. The van der Waals surface area contributed by atoms with Gasteiger partial charge in [0.05, 0.1) is 0 Å². The van der Waals surface area contributed by atoms with Crippen LogP contribution in [-0.2, 0) is 16.1 Å². The number of benzene rings is 1. The first-order chi connectivity index (χ1) is 6.83. The van der Waals surface area contributed by atoms with E-state index >= 15 is 0 Å². The maximum atomic E-state index is 11.2. The molecule has 0 aromatic heterocycles. The highest BCUT2D eigenvalue weighted by Gasteiger charge is 2.01. The second kappa shape index (κ2) is 6.19. The standard InChI is InChI=1S/C12H16O2/c1-2-3-9-12(13)14-10-11-7-5-4-6-8-11/h4-8H,2-3,9-10H2,1H3. The summed E-state index contributed by atoms with van der Waals surface area (Å²) in [5.74, 6) is -0.101. The fraction of sp³-hybridized carbons (Fsp3) is 0.417. The minimum atomic E-state index is -0.101. The summed E-state index contributed by atoms with van der Waals surface area (Å²) < 4.78 is 5.09. The van der Waals surface area contributed by atoms with Crippen molar-refractivity contribution in [3.8, 4) is 0 Å². The van der Waals surface area contributed by atoms with Crippen LogP contribution in [0.1, 0.15) is 31.7 Å². The molecule has 0 unspecified atom stereocenters. The van der Waals surface area contributed by atoms with Gasteiger partial charge in [-0.15, -0.1) is 0 Å². The molecule has 76 valence electrons. The minimum Gasteiger partial charge on any atom is -0.461 e. The van der Waals surface area contributed by atoms with Crippen molar-refractivity contribution in [2.24, 2.45) is 0 Å². The Morgan fingerprint density at radius 3 is 2.64 bits per heavy atom. The molecule has 0 heterocycles. The maximum absolute atomic E-state index is 11.2. The van der Waals surface area contributed by atoms with Gasteiger partial charge in [-0.05, 0) is 12.0 Å². The van der Waals surface area contributed by atoms with Crippen LogP contribution in [0, 0.1) is 0 Å². The average Bonchev–Trinajstić information content (AvgIpc) is 2.25. The van der Waals surface area contributed by atoms with Crippen LogP contribution < -0.4 is 0 Å². The highest BCUT2D eigenvalue weighted by atomic mass is 16.5. The quantitative estimate of drug-likeness (QED) is 0.670. The average molecular weight is 192 g/mol. The predicted octanol–water partition coefficient (Wildman–Crippen LogP) is 2.92. The number of esters is 1. The van der Waals surface area contributed by atoms with Crippen LogP contribution in [0.2, 0.25) is 0 Å². The molecule has 0 saturated carbocycles. The predicted molar refractivity (Wildman–Crippen MR) is 55.8 cm³/mol. The van der Waals surface area contributed by atoms with Gasteiger partial charge in [-0.25, -0.2) is 0 Å². The van der Waals surface area contributed by atoms with Gasteiger partial charge < -0.3 is 4.74 Å². The second-order valence-corrected chi connectivity index (χ2v) is 3.25. The molecule has 0 atom stereocenters. The van der Waals surface area contributed by atoms with Gasteiger partial charge in [-0.1, -0.05) is 43.7 Å². The van der Waals surface area contributed by atoms with E-state index < -0.39 is 0 Å². The third kappa shape index (κ3) is 4.08. The Hall–Kier alpha value is -1.31. The Kier molecular flexibility index (Phi) is 4.76. The number of ether oxygens (including phenoxy) is 1. The van der Waals surface area contributed by atoms with Gasteiger partial charge in [-0.3, -0.25) is 4.79 Å². The SMILES string of the molecule is CCCCC(=O)OCc1ccccc1. The van der Waals surface area contributed by atoms with Crippen LogP contribution in [0.3, 0.4) is 0 Å². The summed E-state index contributed by atoms with van der Waals surface area (Å²) in [5, 5.41) is 0. The molecular weight excluding hydrogens is 176 g/mol. The molecule has 0 radical (unpaired) electrons. The van der Waals surface area contributed by atoms with Crippen molar-refractivity contribution in [2.45, 2.75) is 32.8 Å². The van der Waals surface area contributed by atoms with E-state index in [0.717, 1.165) is 18.4 Å². The van der Waals surface area contributed by atoms with Crippen LogP contribution in [0.15, 0.2) is 30.3 Å². The smallest absolute Gasteiger partial charge is 0.306 e. The van der Waals surface area contributed by atoms with E-state index in [1.807, 2.05) is 30.3 Å². The van der Waals surface area contributed by atoms with E-state index in [2.05, 4.69) is 6.92 Å². The van der Waals surface area contributed by atoms with E-state index in [9.17, 15) is 4.79 Å². The van der Waals surface area contributed by atoms with Crippen molar-refractivity contribution < 1.29 is 9.53 Å². The first-order valence-corrected chi connectivity index (χ1v) is 5.02. The molecule has 0 spiro atoms. The van der Waals surface area contributed by atoms with Crippen LogP contribution in [0.5, 0.6) is 0 Å². The highest BCUT2D eigenvalue weighted by Crippen LogP contribution is 2.03. The fourth-order valence-corrected chi connectivity index (χ4v) is 1.13. The number of hydrogen-bond donors (Lipinski definition) is 0. The molecule has 0 N–H and O–H groups in total. The molecule has 1 rings (SSSR count). The molecule has 0 saturated heterocycles. The first kappa shape index (κ1) is 10.8. The number of rotatable bonds is 5. The summed E-state index contributed by atoms with van der Waals surface area (Å²) in [7, 11) is 0. The van der Waals surface area contributed by atoms with E-state index in [4.69, 9.17) is 4.74 Å². The number of hydrogen-bond acceptors (Lipinski definition) is 2. The van der Waals surface area contributed by atoms with E-state index in [0.29, 0.717) is 13.0 Å². The van der Waals surface area contributed by atoms with Crippen molar-refractivity contribution in [3.05, 3.63) is 35.9 Å². The minimum absolute atomic E-state index is 0.101. The van der Waals surface area contributed by atoms with Gasteiger partial charge in [0.15, 0.2) is 0 Å². The summed E-state index contributed by atoms with van der Waals surface area (Å²) >= 11 is 0. The number of unbranched alkanes of at least 4 members (excludes halogenated alkanes) is 1. The molecule has 2 nitrogen and oxygen atoms in total. The van der Waals surface area contributed by atoms with Gasteiger partial charge >= 0.3 is 5.97 Å². The molecule has 0 fully saturated rings. The van der Waals surface area contributed by atoms with Gasteiger partial charge in [0.2, 0.25) is 0 Å². The summed E-state index contributed by atoms with van der Waals surface area (Å²) in [6.07, 6.45) is 2.47. The summed E-state index contributed by atoms with van der Waals surface area (Å²) in [6.45, 7) is 2.45. The van der Waals surface area contributed by atoms with Crippen LogP contribution in [-0.4, -0.2) is 5.97 Å². The third-order valence-electron chi connectivity index (χ3n) is 1.98. The highest BCUT2D eigenvalue weighted by molar-refractivity contribution is 5.69.